The zero-order valence-electron chi connectivity index (χ0n) is 11.8. The Bertz CT molecular complexity index is 535. The molecule has 0 unspecified atom stereocenters. The van der Waals surface area contributed by atoms with Crippen molar-refractivity contribution in [1.29, 1.82) is 0 Å². The molecule has 2 heterocycles. The average Bonchev–Trinajstić information content (AvgIpc) is 2.97. The Morgan fingerprint density at radius 1 is 1.40 bits per heavy atom. The van der Waals surface area contributed by atoms with Gasteiger partial charge < -0.3 is 15.2 Å². The Labute approximate surface area is 118 Å². The molecule has 2 aromatic rings. The Morgan fingerprint density at radius 2 is 2.25 bits per heavy atom. The summed E-state index contributed by atoms with van der Waals surface area (Å²) in [7, 11) is 1.74. The molecule has 0 radical (unpaired) electrons. The van der Waals surface area contributed by atoms with Crippen molar-refractivity contribution < 1.29 is 4.79 Å². The quantitative estimate of drug-likeness (QED) is 0.843. The maximum atomic E-state index is 12.2. The van der Waals surface area contributed by atoms with E-state index in [1.165, 1.54) is 0 Å². The van der Waals surface area contributed by atoms with Gasteiger partial charge >= 0.3 is 0 Å². The minimum Gasteiger partial charge on any atom is -0.370 e. The van der Waals surface area contributed by atoms with Gasteiger partial charge in [0.2, 0.25) is 0 Å². The first-order chi connectivity index (χ1) is 9.70. The van der Waals surface area contributed by atoms with Crippen molar-refractivity contribution in [2.75, 3.05) is 18.9 Å². The smallest absolute Gasteiger partial charge is 0.255 e. The maximum Gasteiger partial charge on any atom is 0.255 e. The van der Waals surface area contributed by atoms with Crippen molar-refractivity contribution in [3.63, 3.8) is 0 Å². The molecule has 2 rings (SSSR count). The van der Waals surface area contributed by atoms with Gasteiger partial charge in [-0.15, -0.1) is 0 Å². The molecular formula is C14H19N5O. The van der Waals surface area contributed by atoms with E-state index in [9.17, 15) is 4.79 Å². The molecule has 6 heteroatoms. The van der Waals surface area contributed by atoms with Crippen LogP contribution in [-0.4, -0.2) is 39.4 Å². The Hall–Kier alpha value is -2.37. The molecular weight excluding hydrogens is 254 g/mol. The van der Waals surface area contributed by atoms with E-state index in [4.69, 9.17) is 0 Å². The summed E-state index contributed by atoms with van der Waals surface area (Å²) < 4.78 is 0. The van der Waals surface area contributed by atoms with E-state index in [0.29, 0.717) is 12.1 Å². The number of carbonyl (C=O) groups is 1. The molecule has 0 aliphatic carbocycles. The summed E-state index contributed by atoms with van der Waals surface area (Å²) in [6.45, 7) is 3.41. The van der Waals surface area contributed by atoms with Crippen LogP contribution < -0.4 is 5.32 Å². The van der Waals surface area contributed by atoms with Crippen LogP contribution in [-0.2, 0) is 6.54 Å². The van der Waals surface area contributed by atoms with Crippen molar-refractivity contribution in [2.45, 2.75) is 19.9 Å². The van der Waals surface area contributed by atoms with Gasteiger partial charge in [0.1, 0.15) is 11.6 Å². The van der Waals surface area contributed by atoms with E-state index in [1.807, 2.05) is 6.07 Å². The maximum absolute atomic E-state index is 12.2. The van der Waals surface area contributed by atoms with Gasteiger partial charge in [-0.2, -0.15) is 0 Å². The van der Waals surface area contributed by atoms with Gasteiger partial charge in [0.25, 0.3) is 5.91 Å². The first-order valence-electron chi connectivity index (χ1n) is 6.64. The van der Waals surface area contributed by atoms with E-state index in [0.717, 1.165) is 24.6 Å². The third kappa shape index (κ3) is 3.57. The zero-order chi connectivity index (χ0) is 14.4. The molecule has 6 nitrogen and oxygen atoms in total. The summed E-state index contributed by atoms with van der Waals surface area (Å²) in [4.78, 5) is 25.1. The highest BCUT2D eigenvalue weighted by Crippen LogP contribution is 2.08. The van der Waals surface area contributed by atoms with Crippen LogP contribution in [0.1, 0.15) is 29.5 Å². The lowest BCUT2D eigenvalue weighted by atomic mass is 10.2. The van der Waals surface area contributed by atoms with E-state index in [2.05, 4.69) is 27.2 Å². The zero-order valence-corrected chi connectivity index (χ0v) is 11.8. The van der Waals surface area contributed by atoms with Gasteiger partial charge in [-0.1, -0.05) is 6.92 Å². The summed E-state index contributed by atoms with van der Waals surface area (Å²) in [5, 5.41) is 3.18. The average molecular weight is 273 g/mol. The minimum atomic E-state index is -0.0732. The minimum absolute atomic E-state index is 0.0732. The van der Waals surface area contributed by atoms with Crippen LogP contribution in [0, 0.1) is 0 Å². The molecule has 20 heavy (non-hydrogen) atoms. The fourth-order valence-electron chi connectivity index (χ4n) is 1.78. The number of rotatable bonds is 6. The molecule has 0 fully saturated rings. The predicted molar refractivity (Wildman–Crippen MR) is 77.4 cm³/mol. The van der Waals surface area contributed by atoms with Crippen molar-refractivity contribution >= 4 is 11.7 Å². The number of pyridine rings is 1. The monoisotopic (exact) mass is 273 g/mol. The Morgan fingerprint density at radius 3 is 2.85 bits per heavy atom. The van der Waals surface area contributed by atoms with Crippen molar-refractivity contribution in [3.05, 3.63) is 42.1 Å². The molecule has 2 N–H and O–H groups in total. The van der Waals surface area contributed by atoms with E-state index < -0.39 is 0 Å². The molecule has 0 spiro atoms. The molecule has 0 bridgehead atoms. The number of nitrogens with one attached hydrogen (secondary N) is 2. The summed E-state index contributed by atoms with van der Waals surface area (Å²) in [6.07, 6.45) is 6.04. The highest BCUT2D eigenvalue weighted by atomic mass is 16.2. The van der Waals surface area contributed by atoms with Gasteiger partial charge in [0, 0.05) is 32.2 Å². The van der Waals surface area contributed by atoms with Crippen molar-refractivity contribution in [3.8, 4) is 0 Å². The van der Waals surface area contributed by atoms with Crippen LogP contribution in [0.4, 0.5) is 5.82 Å². The standard InChI is InChI=1S/C14H19N5O/c1-3-6-15-12-5-4-11(9-18-12)14(20)19(2)10-13-16-7-8-17-13/h4-5,7-9H,3,6,10H2,1-2H3,(H,15,18)(H,16,17). The summed E-state index contributed by atoms with van der Waals surface area (Å²) in [5.74, 6) is 1.48. The van der Waals surface area contributed by atoms with Gasteiger partial charge in [-0.05, 0) is 18.6 Å². The third-order valence-corrected chi connectivity index (χ3v) is 2.86. The number of amides is 1. The molecule has 0 saturated carbocycles. The fourth-order valence-corrected chi connectivity index (χ4v) is 1.78. The Balaban J connectivity index is 1.97. The molecule has 1 amide bonds. The fraction of sp³-hybridized carbons (Fsp3) is 0.357. The van der Waals surface area contributed by atoms with Crippen LogP contribution in [0.5, 0.6) is 0 Å². The van der Waals surface area contributed by atoms with Crippen molar-refractivity contribution in [1.82, 2.24) is 19.9 Å². The largest absolute Gasteiger partial charge is 0.370 e. The number of hydrogen-bond acceptors (Lipinski definition) is 4. The SMILES string of the molecule is CCCNc1ccc(C(=O)N(C)Cc2ncc[nH]2)cn1. The number of imidazole rings is 1. The second-order valence-electron chi connectivity index (χ2n) is 4.56. The van der Waals surface area contributed by atoms with Gasteiger partial charge in [-0.25, -0.2) is 9.97 Å². The molecule has 106 valence electrons. The molecule has 0 aliphatic heterocycles. The highest BCUT2D eigenvalue weighted by molar-refractivity contribution is 5.93. The predicted octanol–water partition coefficient (Wildman–Crippen LogP) is 1.90. The lowest BCUT2D eigenvalue weighted by Gasteiger charge is -2.15. The molecule has 0 saturated heterocycles. The third-order valence-electron chi connectivity index (χ3n) is 2.86. The lowest BCUT2D eigenvalue weighted by Crippen LogP contribution is -2.26. The molecule has 0 atom stereocenters. The molecule has 0 aromatic carbocycles. The molecule has 0 aliphatic rings. The summed E-state index contributed by atoms with van der Waals surface area (Å²) >= 11 is 0. The molecule has 2 aromatic heterocycles. The van der Waals surface area contributed by atoms with Gasteiger partial charge in [-0.3, -0.25) is 4.79 Å². The number of hydrogen-bond donors (Lipinski definition) is 2. The number of carbonyl (C=O) groups excluding carboxylic acids is 1. The van der Waals surface area contributed by atoms with E-state index in [-0.39, 0.29) is 5.91 Å². The number of anilines is 1. The van der Waals surface area contributed by atoms with E-state index in [1.54, 1.807) is 36.6 Å². The first kappa shape index (κ1) is 14.0. The van der Waals surface area contributed by atoms with Crippen LogP contribution >= 0.6 is 0 Å². The van der Waals surface area contributed by atoms with Gasteiger partial charge in [0.05, 0.1) is 12.1 Å². The van der Waals surface area contributed by atoms with Crippen molar-refractivity contribution in [2.24, 2.45) is 0 Å². The van der Waals surface area contributed by atoms with Crippen LogP contribution in [0.2, 0.25) is 0 Å². The van der Waals surface area contributed by atoms with Crippen LogP contribution in [0.3, 0.4) is 0 Å². The number of aromatic nitrogens is 3. The number of H-pyrrole nitrogens is 1. The Kier molecular flexibility index (Phi) is 4.70. The number of nitrogens with zero attached hydrogens (tertiary/aromatic N) is 3. The lowest BCUT2D eigenvalue weighted by molar-refractivity contribution is 0.0781. The van der Waals surface area contributed by atoms with Crippen LogP contribution in [0.15, 0.2) is 30.7 Å². The second-order valence-corrected chi connectivity index (χ2v) is 4.56. The normalized spacial score (nSPS) is 10.3. The van der Waals surface area contributed by atoms with E-state index >= 15 is 0 Å². The number of aromatic amines is 1. The summed E-state index contributed by atoms with van der Waals surface area (Å²) in [6, 6.07) is 3.61. The highest BCUT2D eigenvalue weighted by Gasteiger charge is 2.13. The van der Waals surface area contributed by atoms with Crippen LogP contribution in [0.25, 0.3) is 0 Å². The topological polar surface area (TPSA) is 73.9 Å². The first-order valence-corrected chi connectivity index (χ1v) is 6.64. The summed E-state index contributed by atoms with van der Waals surface area (Å²) in [5.41, 5.74) is 0.570. The van der Waals surface area contributed by atoms with Gasteiger partial charge in [0.15, 0.2) is 0 Å². The second kappa shape index (κ2) is 6.70.